The number of nitrogens with one attached hydrogen (secondary N) is 1. The SMILES string of the molecule is Cc1c2c(cc/c1=c1\[nH]/c(=C\c3ccc(C#N)cc3)c(=O)o1)=Nc1ccccc1-2. The van der Waals surface area contributed by atoms with E-state index in [0.717, 1.165) is 38.5 Å². The zero-order valence-corrected chi connectivity index (χ0v) is 15.6. The highest BCUT2D eigenvalue weighted by Crippen LogP contribution is 2.34. The van der Waals surface area contributed by atoms with Crippen molar-refractivity contribution in [2.24, 2.45) is 4.99 Å². The van der Waals surface area contributed by atoms with Crippen molar-refractivity contribution in [3.8, 4) is 17.2 Å². The van der Waals surface area contributed by atoms with Gasteiger partial charge in [0.1, 0.15) is 5.35 Å². The van der Waals surface area contributed by atoms with E-state index in [4.69, 9.17) is 9.68 Å². The van der Waals surface area contributed by atoms with Crippen molar-refractivity contribution in [2.45, 2.75) is 6.92 Å². The minimum absolute atomic E-state index is 0.356. The van der Waals surface area contributed by atoms with Gasteiger partial charge in [0.25, 0.3) is 0 Å². The summed E-state index contributed by atoms with van der Waals surface area (Å²) in [7, 11) is 0. The number of benzene rings is 3. The van der Waals surface area contributed by atoms with E-state index in [9.17, 15) is 4.79 Å². The van der Waals surface area contributed by atoms with E-state index in [2.05, 4.69) is 22.1 Å². The molecule has 1 N–H and O–H groups in total. The van der Waals surface area contributed by atoms with Crippen molar-refractivity contribution >= 4 is 11.8 Å². The van der Waals surface area contributed by atoms with Crippen LogP contribution in [0.3, 0.4) is 0 Å². The van der Waals surface area contributed by atoms with Crippen LogP contribution in [0.15, 0.2) is 74.9 Å². The molecule has 29 heavy (non-hydrogen) atoms. The normalized spacial score (nSPS) is 13.4. The van der Waals surface area contributed by atoms with Gasteiger partial charge >= 0.3 is 5.63 Å². The number of rotatable bonds is 1. The molecule has 0 aliphatic carbocycles. The molecule has 0 unspecified atom stereocenters. The summed E-state index contributed by atoms with van der Waals surface area (Å²) in [5.74, 6) is 0. The van der Waals surface area contributed by atoms with Crippen molar-refractivity contribution in [1.82, 2.24) is 4.98 Å². The Kier molecular flexibility index (Phi) is 3.78. The number of nitriles is 1. The van der Waals surface area contributed by atoms with Gasteiger partial charge in [-0.25, -0.2) is 9.79 Å². The molecule has 3 aromatic carbocycles. The third-order valence-electron chi connectivity index (χ3n) is 5.12. The first kappa shape index (κ1) is 17.0. The van der Waals surface area contributed by atoms with Crippen LogP contribution in [0.2, 0.25) is 0 Å². The zero-order valence-electron chi connectivity index (χ0n) is 15.6. The van der Waals surface area contributed by atoms with Gasteiger partial charge in [0, 0.05) is 16.3 Å². The van der Waals surface area contributed by atoms with Gasteiger partial charge in [-0.15, -0.1) is 0 Å². The molecule has 1 aromatic heterocycles. The average molecular weight is 377 g/mol. The Labute approximate surface area is 165 Å². The highest BCUT2D eigenvalue weighted by Gasteiger charge is 2.16. The largest absolute Gasteiger partial charge is 0.404 e. The average Bonchev–Trinajstić information content (AvgIpc) is 3.29. The predicted molar refractivity (Wildman–Crippen MR) is 109 cm³/mol. The van der Waals surface area contributed by atoms with E-state index in [-0.39, 0.29) is 0 Å². The smallest absolute Gasteiger partial charge is 0.361 e. The van der Waals surface area contributed by atoms with Gasteiger partial charge in [0.15, 0.2) is 0 Å². The monoisotopic (exact) mass is 377 g/mol. The van der Waals surface area contributed by atoms with Gasteiger partial charge in [-0.3, -0.25) is 0 Å². The van der Waals surface area contributed by atoms with Gasteiger partial charge in [0.05, 0.1) is 22.7 Å². The summed E-state index contributed by atoms with van der Waals surface area (Å²) >= 11 is 0. The van der Waals surface area contributed by atoms with Crippen molar-refractivity contribution in [3.63, 3.8) is 0 Å². The lowest BCUT2D eigenvalue weighted by atomic mass is 9.99. The summed E-state index contributed by atoms with van der Waals surface area (Å²) in [6.45, 7) is 2.01. The molecule has 0 bridgehead atoms. The van der Waals surface area contributed by atoms with Crippen LogP contribution in [0.25, 0.3) is 17.2 Å². The fraction of sp³-hybridized carbons (Fsp3) is 0.0417. The molecule has 0 saturated carbocycles. The lowest BCUT2D eigenvalue weighted by Gasteiger charge is -2.03. The molecule has 0 radical (unpaired) electrons. The molecule has 5 rings (SSSR count). The summed E-state index contributed by atoms with van der Waals surface area (Å²) in [5.41, 5.74) is 5.46. The number of para-hydroxylation sites is 1. The Morgan fingerprint density at radius 1 is 1.07 bits per heavy atom. The number of aromatic nitrogens is 1. The summed E-state index contributed by atoms with van der Waals surface area (Å²) in [5, 5.41) is 11.0. The molecule has 4 aromatic rings. The van der Waals surface area contributed by atoms with E-state index in [1.165, 1.54) is 0 Å². The van der Waals surface area contributed by atoms with Gasteiger partial charge < -0.3 is 9.40 Å². The topological polar surface area (TPSA) is 82.1 Å². The van der Waals surface area contributed by atoms with Gasteiger partial charge in [0.2, 0.25) is 5.55 Å². The van der Waals surface area contributed by atoms with Crippen LogP contribution < -0.4 is 16.3 Å². The number of oxazole rings is 1. The highest BCUT2D eigenvalue weighted by molar-refractivity contribution is 5.81. The lowest BCUT2D eigenvalue weighted by Crippen LogP contribution is -2.20. The highest BCUT2D eigenvalue weighted by atomic mass is 16.4. The van der Waals surface area contributed by atoms with Crippen LogP contribution in [0.5, 0.6) is 0 Å². The Balaban J connectivity index is 1.74. The van der Waals surface area contributed by atoms with Crippen molar-refractivity contribution in [2.75, 3.05) is 0 Å². The first-order valence-corrected chi connectivity index (χ1v) is 9.17. The first-order valence-electron chi connectivity index (χ1n) is 9.17. The molecule has 138 valence electrons. The van der Waals surface area contributed by atoms with E-state index in [1.54, 1.807) is 30.3 Å². The fourth-order valence-corrected chi connectivity index (χ4v) is 3.67. The summed E-state index contributed by atoms with van der Waals surface area (Å²) < 4.78 is 5.52. The summed E-state index contributed by atoms with van der Waals surface area (Å²) in [6, 6.07) is 21.0. The maximum Gasteiger partial charge on any atom is 0.361 e. The molecule has 5 nitrogen and oxygen atoms in total. The minimum atomic E-state index is -0.436. The van der Waals surface area contributed by atoms with Crippen LogP contribution >= 0.6 is 0 Å². The van der Waals surface area contributed by atoms with Crippen molar-refractivity contribution in [3.05, 3.63) is 109 Å². The van der Waals surface area contributed by atoms with Gasteiger partial charge in [-0.05, 0) is 54.5 Å². The third-order valence-corrected chi connectivity index (χ3v) is 5.12. The van der Waals surface area contributed by atoms with Crippen molar-refractivity contribution in [1.29, 1.82) is 5.26 Å². The molecule has 2 heterocycles. The zero-order chi connectivity index (χ0) is 20.0. The number of fused-ring (bicyclic) bond motifs is 3. The molecule has 0 saturated heterocycles. The molecule has 1 aliphatic rings. The Hall–Kier alpha value is -4.17. The second-order valence-electron chi connectivity index (χ2n) is 6.90. The summed E-state index contributed by atoms with van der Waals surface area (Å²) in [6.07, 6.45) is 1.71. The Morgan fingerprint density at radius 3 is 2.66 bits per heavy atom. The predicted octanol–water partition coefficient (Wildman–Crippen LogP) is 3.20. The van der Waals surface area contributed by atoms with Crippen LogP contribution in [0.1, 0.15) is 16.7 Å². The maximum absolute atomic E-state index is 12.4. The Morgan fingerprint density at radius 2 is 1.86 bits per heavy atom. The molecule has 0 atom stereocenters. The lowest BCUT2D eigenvalue weighted by molar-refractivity contribution is 0.489. The molecule has 1 aliphatic heterocycles. The number of H-pyrrole nitrogens is 1. The third kappa shape index (κ3) is 2.79. The van der Waals surface area contributed by atoms with Crippen LogP contribution in [-0.2, 0) is 0 Å². The van der Waals surface area contributed by atoms with E-state index >= 15 is 0 Å². The van der Waals surface area contributed by atoms with Crippen molar-refractivity contribution < 1.29 is 4.42 Å². The first-order chi connectivity index (χ1) is 14.1. The van der Waals surface area contributed by atoms with E-state index in [1.807, 2.05) is 37.3 Å². The van der Waals surface area contributed by atoms with E-state index in [0.29, 0.717) is 16.5 Å². The summed E-state index contributed by atoms with van der Waals surface area (Å²) in [4.78, 5) is 20.2. The number of hydrogen-bond acceptors (Lipinski definition) is 4. The molecule has 5 heteroatoms. The number of aromatic amines is 1. The molecular weight excluding hydrogens is 362 g/mol. The molecule has 0 spiro atoms. The fourth-order valence-electron chi connectivity index (χ4n) is 3.67. The standard InChI is InChI=1S/C24H15N3O2/c1-14-17(10-11-20-22(14)18-4-2-3-5-19(18)26-20)23-27-21(24(28)29-23)12-15-6-8-16(13-25)9-7-15/h2-12,27H,1H3/b21-12-,23-17-. The van der Waals surface area contributed by atoms with Crippen LogP contribution in [-0.4, -0.2) is 4.98 Å². The number of hydrogen-bond donors (Lipinski definition) is 1. The molecular formula is C24H15N3O2. The quantitative estimate of drug-likeness (QED) is 0.487. The molecule has 0 amide bonds. The number of nitrogens with zero attached hydrogens (tertiary/aromatic N) is 2. The molecule has 0 fully saturated rings. The maximum atomic E-state index is 12.4. The van der Waals surface area contributed by atoms with Crippen LogP contribution in [0.4, 0.5) is 5.69 Å². The van der Waals surface area contributed by atoms with Crippen LogP contribution in [0, 0.1) is 29.0 Å². The van der Waals surface area contributed by atoms with E-state index < -0.39 is 5.63 Å². The second-order valence-corrected chi connectivity index (χ2v) is 6.90. The second kappa shape index (κ2) is 6.47. The van der Waals surface area contributed by atoms with Gasteiger partial charge in [-0.2, -0.15) is 5.26 Å². The Bertz CT molecular complexity index is 1580. The minimum Gasteiger partial charge on any atom is -0.404 e. The van der Waals surface area contributed by atoms with Gasteiger partial charge in [-0.1, -0.05) is 30.3 Å².